The van der Waals surface area contributed by atoms with Crippen LogP contribution >= 0.6 is 0 Å². The SMILES string of the molecule is CC(C)(C)N1CC(CNS(=O)[O-])C1. The van der Waals surface area contributed by atoms with E-state index in [9.17, 15) is 8.76 Å². The highest BCUT2D eigenvalue weighted by molar-refractivity contribution is 7.77. The lowest BCUT2D eigenvalue weighted by atomic mass is 9.93. The van der Waals surface area contributed by atoms with E-state index in [0.717, 1.165) is 13.1 Å². The van der Waals surface area contributed by atoms with Gasteiger partial charge in [0.15, 0.2) is 0 Å². The maximum Gasteiger partial charge on any atom is 0.0181 e. The fourth-order valence-corrected chi connectivity index (χ4v) is 1.80. The van der Waals surface area contributed by atoms with E-state index in [0.29, 0.717) is 12.5 Å². The molecule has 0 radical (unpaired) electrons. The molecule has 1 rings (SSSR count). The predicted molar refractivity (Wildman–Crippen MR) is 51.7 cm³/mol. The molecule has 1 heterocycles. The van der Waals surface area contributed by atoms with Crippen molar-refractivity contribution in [3.8, 4) is 0 Å². The first kappa shape index (κ1) is 11.1. The average Bonchev–Trinajstić information content (AvgIpc) is 1.79. The van der Waals surface area contributed by atoms with Crippen molar-refractivity contribution >= 4 is 11.3 Å². The molecule has 0 spiro atoms. The molecule has 1 fully saturated rings. The smallest absolute Gasteiger partial charge is 0.0181 e. The maximum absolute atomic E-state index is 10.2. The zero-order valence-electron chi connectivity index (χ0n) is 8.37. The monoisotopic (exact) mass is 205 g/mol. The molecule has 78 valence electrons. The molecule has 13 heavy (non-hydrogen) atoms. The Morgan fingerprint density at radius 3 is 2.46 bits per heavy atom. The maximum atomic E-state index is 10.2. The third-order valence-corrected chi connectivity index (χ3v) is 2.80. The first-order valence-corrected chi connectivity index (χ1v) is 5.55. The van der Waals surface area contributed by atoms with Gasteiger partial charge in [-0.15, -0.1) is 0 Å². The summed E-state index contributed by atoms with van der Waals surface area (Å²) in [5, 5.41) is 0. The van der Waals surface area contributed by atoms with Crippen molar-refractivity contribution in [1.29, 1.82) is 0 Å². The molecule has 0 saturated carbocycles. The Morgan fingerprint density at radius 2 is 2.08 bits per heavy atom. The normalized spacial score (nSPS) is 22.8. The van der Waals surface area contributed by atoms with Gasteiger partial charge in [-0.2, -0.15) is 0 Å². The zero-order chi connectivity index (χ0) is 10.1. The van der Waals surface area contributed by atoms with Crippen molar-refractivity contribution in [2.75, 3.05) is 19.6 Å². The van der Waals surface area contributed by atoms with Crippen LogP contribution in [0.1, 0.15) is 20.8 Å². The molecular weight excluding hydrogens is 188 g/mol. The van der Waals surface area contributed by atoms with Gasteiger partial charge in [0.1, 0.15) is 0 Å². The molecule has 0 aromatic rings. The standard InChI is InChI=1S/C8H18N2O2S/c1-8(2,3)10-5-7(6-10)4-9-13(11)12/h7,9H,4-6H2,1-3H3,(H,11,12)/p-1. The van der Waals surface area contributed by atoms with Gasteiger partial charge in [0, 0.05) is 36.4 Å². The highest BCUT2D eigenvalue weighted by Gasteiger charge is 2.33. The number of nitrogens with one attached hydrogen (secondary N) is 1. The van der Waals surface area contributed by atoms with Crippen LogP contribution in [0, 0.1) is 5.92 Å². The molecule has 0 aromatic heterocycles. The highest BCUT2D eigenvalue weighted by atomic mass is 32.2. The highest BCUT2D eigenvalue weighted by Crippen LogP contribution is 2.24. The van der Waals surface area contributed by atoms with Crippen LogP contribution in [0.2, 0.25) is 0 Å². The Bertz CT molecular complexity index is 197. The third-order valence-electron chi connectivity index (χ3n) is 2.40. The minimum absolute atomic E-state index is 0.215. The van der Waals surface area contributed by atoms with E-state index < -0.39 is 11.3 Å². The summed E-state index contributed by atoms with van der Waals surface area (Å²) in [5.74, 6) is 0.483. The Labute approximate surface area is 82.1 Å². The first-order chi connectivity index (χ1) is 5.89. The average molecular weight is 205 g/mol. The Balaban J connectivity index is 2.15. The number of likely N-dealkylation sites (tertiary alicyclic amines) is 1. The van der Waals surface area contributed by atoms with Crippen molar-refractivity contribution in [3.05, 3.63) is 0 Å². The Hall–Kier alpha value is 0.0300. The van der Waals surface area contributed by atoms with E-state index in [1.54, 1.807) is 0 Å². The van der Waals surface area contributed by atoms with E-state index >= 15 is 0 Å². The number of rotatable bonds is 3. The van der Waals surface area contributed by atoms with Crippen molar-refractivity contribution in [2.24, 2.45) is 5.92 Å². The number of hydrogen-bond donors (Lipinski definition) is 1. The van der Waals surface area contributed by atoms with Crippen LogP contribution in [-0.4, -0.2) is 38.8 Å². The van der Waals surface area contributed by atoms with Crippen molar-refractivity contribution in [2.45, 2.75) is 26.3 Å². The van der Waals surface area contributed by atoms with Gasteiger partial charge in [-0.05, 0) is 26.7 Å². The van der Waals surface area contributed by atoms with E-state index in [1.807, 2.05) is 0 Å². The zero-order valence-corrected chi connectivity index (χ0v) is 9.19. The predicted octanol–water partition coefficient (Wildman–Crippen LogP) is 0.100. The summed E-state index contributed by atoms with van der Waals surface area (Å²) in [6.45, 7) is 9.07. The van der Waals surface area contributed by atoms with E-state index in [1.165, 1.54) is 0 Å². The summed E-state index contributed by atoms with van der Waals surface area (Å²) < 4.78 is 22.8. The quantitative estimate of drug-likeness (QED) is 0.665. The Kier molecular flexibility index (Phi) is 3.45. The lowest BCUT2D eigenvalue weighted by Gasteiger charge is -2.47. The summed E-state index contributed by atoms with van der Waals surface area (Å²) in [4.78, 5) is 2.34. The number of hydrogen-bond acceptors (Lipinski definition) is 3. The van der Waals surface area contributed by atoms with E-state index in [-0.39, 0.29) is 5.54 Å². The lowest BCUT2D eigenvalue weighted by Crippen LogP contribution is -2.58. The summed E-state index contributed by atoms with van der Waals surface area (Å²) in [6.07, 6.45) is 0. The topological polar surface area (TPSA) is 55.4 Å². The molecule has 0 aliphatic carbocycles. The van der Waals surface area contributed by atoms with E-state index in [4.69, 9.17) is 0 Å². The molecule has 0 bridgehead atoms. The lowest BCUT2D eigenvalue weighted by molar-refractivity contribution is 0.0167. The summed E-state index contributed by atoms with van der Waals surface area (Å²) >= 11 is -2.10. The molecule has 1 aliphatic rings. The van der Waals surface area contributed by atoms with Crippen molar-refractivity contribution in [3.63, 3.8) is 0 Å². The fraction of sp³-hybridized carbons (Fsp3) is 1.00. The largest absolute Gasteiger partial charge is 0.760 e. The van der Waals surface area contributed by atoms with Gasteiger partial charge in [0.2, 0.25) is 0 Å². The van der Waals surface area contributed by atoms with Gasteiger partial charge in [0.25, 0.3) is 0 Å². The molecule has 0 aromatic carbocycles. The van der Waals surface area contributed by atoms with Crippen LogP contribution in [-0.2, 0) is 11.3 Å². The van der Waals surface area contributed by atoms with Crippen LogP contribution < -0.4 is 4.72 Å². The third kappa shape index (κ3) is 3.34. The molecular formula is C8H17N2O2S-. The van der Waals surface area contributed by atoms with Gasteiger partial charge in [-0.25, -0.2) is 4.72 Å². The van der Waals surface area contributed by atoms with Gasteiger partial charge in [-0.1, -0.05) is 0 Å². The van der Waals surface area contributed by atoms with Crippen LogP contribution in [0.4, 0.5) is 0 Å². The first-order valence-electron chi connectivity index (χ1n) is 4.47. The van der Waals surface area contributed by atoms with Crippen molar-refractivity contribution in [1.82, 2.24) is 9.62 Å². The summed E-state index contributed by atoms with van der Waals surface area (Å²) in [6, 6.07) is 0. The second-order valence-electron chi connectivity index (χ2n) is 4.52. The van der Waals surface area contributed by atoms with Crippen LogP contribution in [0.25, 0.3) is 0 Å². The Morgan fingerprint density at radius 1 is 1.54 bits per heavy atom. The molecule has 1 saturated heterocycles. The molecule has 4 nitrogen and oxygen atoms in total. The minimum atomic E-state index is -2.10. The minimum Gasteiger partial charge on any atom is -0.760 e. The summed E-state index contributed by atoms with van der Waals surface area (Å²) in [5.41, 5.74) is 0.215. The fourth-order valence-electron chi connectivity index (χ4n) is 1.43. The molecule has 0 amide bonds. The summed E-state index contributed by atoms with van der Waals surface area (Å²) in [7, 11) is 0. The van der Waals surface area contributed by atoms with Gasteiger partial charge < -0.3 is 4.55 Å². The van der Waals surface area contributed by atoms with Gasteiger partial charge in [0.05, 0.1) is 0 Å². The molecule has 1 N–H and O–H groups in total. The van der Waals surface area contributed by atoms with E-state index in [2.05, 4.69) is 30.4 Å². The van der Waals surface area contributed by atoms with Crippen LogP contribution in [0.3, 0.4) is 0 Å². The molecule has 1 aliphatic heterocycles. The van der Waals surface area contributed by atoms with Crippen LogP contribution in [0.15, 0.2) is 0 Å². The molecule has 1 atom stereocenters. The molecule has 1 unspecified atom stereocenters. The van der Waals surface area contributed by atoms with Gasteiger partial charge >= 0.3 is 0 Å². The van der Waals surface area contributed by atoms with Crippen molar-refractivity contribution < 1.29 is 8.76 Å². The second kappa shape index (κ2) is 4.04. The van der Waals surface area contributed by atoms with Crippen LogP contribution in [0.5, 0.6) is 0 Å². The molecule has 5 heteroatoms. The van der Waals surface area contributed by atoms with Gasteiger partial charge in [-0.3, -0.25) is 9.11 Å². The number of nitrogens with zero attached hydrogens (tertiary/aromatic N) is 1. The second-order valence-corrected chi connectivity index (χ2v) is 5.28.